The highest BCUT2D eigenvalue weighted by atomic mass is 16.6. The van der Waals surface area contributed by atoms with Gasteiger partial charge in [0, 0.05) is 88.0 Å². The molecule has 0 aliphatic carbocycles. The van der Waals surface area contributed by atoms with Crippen LogP contribution in [0.25, 0.3) is 0 Å². The average Bonchev–Trinajstić information content (AvgIpc) is 3.02. The van der Waals surface area contributed by atoms with Gasteiger partial charge in [-0.1, -0.05) is 30.3 Å². The van der Waals surface area contributed by atoms with E-state index in [1.54, 1.807) is 46.2 Å². The summed E-state index contributed by atoms with van der Waals surface area (Å²) in [7, 11) is 0. The predicted molar refractivity (Wildman–Crippen MR) is 153 cm³/mol. The third-order valence-electron chi connectivity index (χ3n) is 7.66. The summed E-state index contributed by atoms with van der Waals surface area (Å²) in [5.41, 5.74) is 2.41. The molecule has 2 fully saturated rings. The molecule has 2 aliphatic rings. The van der Waals surface area contributed by atoms with Gasteiger partial charge in [0.15, 0.2) is 0 Å². The molecular formula is C29H30N6O6. The highest BCUT2D eigenvalue weighted by Crippen LogP contribution is 2.27. The highest BCUT2D eigenvalue weighted by Gasteiger charge is 2.37. The van der Waals surface area contributed by atoms with Crippen LogP contribution in [-0.2, 0) is 9.59 Å². The van der Waals surface area contributed by atoms with Crippen LogP contribution in [0.4, 0.5) is 22.7 Å². The lowest BCUT2D eigenvalue weighted by Crippen LogP contribution is -2.54. The van der Waals surface area contributed by atoms with E-state index in [1.165, 1.54) is 24.3 Å². The summed E-state index contributed by atoms with van der Waals surface area (Å²) in [6, 6.07) is 21.8. The lowest BCUT2D eigenvalue weighted by atomic mass is 9.95. The number of benzene rings is 3. The minimum absolute atomic E-state index is 0.0281. The Morgan fingerprint density at radius 2 is 0.927 bits per heavy atom. The van der Waals surface area contributed by atoms with E-state index in [1.807, 2.05) is 18.2 Å². The van der Waals surface area contributed by atoms with Gasteiger partial charge in [-0.05, 0) is 29.8 Å². The molecule has 3 aromatic carbocycles. The molecule has 5 rings (SSSR count). The fraction of sp³-hybridized carbons (Fsp3) is 0.310. The molecule has 0 radical (unpaired) electrons. The van der Waals surface area contributed by atoms with Crippen LogP contribution in [0.2, 0.25) is 0 Å². The van der Waals surface area contributed by atoms with Gasteiger partial charge >= 0.3 is 0 Å². The number of nitro benzene ring substituents is 2. The van der Waals surface area contributed by atoms with Crippen molar-refractivity contribution in [3.05, 3.63) is 105 Å². The first-order valence-corrected chi connectivity index (χ1v) is 13.4. The van der Waals surface area contributed by atoms with Crippen LogP contribution in [0.15, 0.2) is 78.9 Å². The zero-order valence-electron chi connectivity index (χ0n) is 22.4. The summed E-state index contributed by atoms with van der Waals surface area (Å²) in [5, 5.41) is 21.9. The monoisotopic (exact) mass is 558 g/mol. The molecule has 12 heteroatoms. The van der Waals surface area contributed by atoms with Gasteiger partial charge in [-0.15, -0.1) is 0 Å². The first-order valence-electron chi connectivity index (χ1n) is 13.4. The first-order chi connectivity index (χ1) is 19.8. The Bertz CT molecular complexity index is 1310. The maximum atomic E-state index is 13.8. The van der Waals surface area contributed by atoms with Crippen molar-refractivity contribution >= 4 is 34.6 Å². The zero-order valence-corrected chi connectivity index (χ0v) is 22.4. The molecule has 41 heavy (non-hydrogen) atoms. The van der Waals surface area contributed by atoms with Crippen LogP contribution in [0.5, 0.6) is 0 Å². The molecular weight excluding hydrogens is 528 g/mol. The maximum absolute atomic E-state index is 13.8. The predicted octanol–water partition coefficient (Wildman–Crippen LogP) is 3.28. The zero-order chi connectivity index (χ0) is 28.9. The van der Waals surface area contributed by atoms with Crippen LogP contribution in [0, 0.1) is 20.2 Å². The van der Waals surface area contributed by atoms with Crippen LogP contribution < -0.4 is 9.80 Å². The topological polar surface area (TPSA) is 133 Å². The number of nitrogens with zero attached hydrogens (tertiary/aromatic N) is 6. The SMILES string of the molecule is O=C(C(C(=O)N1CCN(c2ccc([N+](=O)[O-])cc2)CC1)c1ccccc1)N1CCN(c2ccc([N+](=O)[O-])cc2)CC1. The molecule has 0 N–H and O–H groups in total. The van der Waals surface area contributed by atoms with E-state index in [0.717, 1.165) is 11.4 Å². The molecule has 0 unspecified atom stereocenters. The number of non-ortho nitro benzene ring substituents is 2. The minimum Gasteiger partial charge on any atom is -0.368 e. The van der Waals surface area contributed by atoms with Gasteiger partial charge in [-0.25, -0.2) is 0 Å². The lowest BCUT2D eigenvalue weighted by molar-refractivity contribution is -0.385. The second-order valence-corrected chi connectivity index (χ2v) is 10.0. The molecule has 2 amide bonds. The Morgan fingerprint density at radius 1 is 0.561 bits per heavy atom. The number of carbonyl (C=O) groups excluding carboxylic acids is 2. The van der Waals surface area contributed by atoms with Gasteiger partial charge < -0.3 is 19.6 Å². The van der Waals surface area contributed by atoms with Crippen LogP contribution >= 0.6 is 0 Å². The molecule has 0 atom stereocenters. The Labute approximate surface area is 236 Å². The molecule has 0 saturated carbocycles. The van der Waals surface area contributed by atoms with E-state index < -0.39 is 15.8 Å². The van der Waals surface area contributed by atoms with Crippen molar-refractivity contribution < 1.29 is 19.4 Å². The number of carbonyl (C=O) groups is 2. The number of nitro groups is 2. The van der Waals surface area contributed by atoms with Crippen LogP contribution in [0.1, 0.15) is 11.5 Å². The quantitative estimate of drug-likeness (QED) is 0.245. The van der Waals surface area contributed by atoms with Crippen molar-refractivity contribution in [1.82, 2.24) is 9.80 Å². The smallest absolute Gasteiger partial charge is 0.269 e. The Kier molecular flexibility index (Phi) is 8.09. The molecule has 2 heterocycles. The van der Waals surface area contributed by atoms with Gasteiger partial charge in [0.1, 0.15) is 5.92 Å². The number of hydrogen-bond acceptors (Lipinski definition) is 8. The molecule has 3 aromatic rings. The van der Waals surface area contributed by atoms with Gasteiger partial charge in [-0.3, -0.25) is 29.8 Å². The molecule has 12 nitrogen and oxygen atoms in total. The fourth-order valence-corrected chi connectivity index (χ4v) is 5.34. The largest absolute Gasteiger partial charge is 0.368 e. The number of hydrogen-bond donors (Lipinski definition) is 0. The molecule has 2 aliphatic heterocycles. The Morgan fingerprint density at radius 3 is 1.27 bits per heavy atom. The van der Waals surface area contributed by atoms with Crippen molar-refractivity contribution in [2.75, 3.05) is 62.2 Å². The highest BCUT2D eigenvalue weighted by molar-refractivity contribution is 6.05. The second-order valence-electron chi connectivity index (χ2n) is 10.0. The molecule has 0 aromatic heterocycles. The molecule has 0 bridgehead atoms. The molecule has 2 saturated heterocycles. The van der Waals surface area contributed by atoms with Gasteiger partial charge in [0.05, 0.1) is 9.85 Å². The molecule has 0 spiro atoms. The standard InChI is InChI=1S/C29H30N6O6/c36-28(32-18-14-30(15-19-32)23-6-10-25(11-7-23)34(38)39)27(22-4-2-1-3-5-22)29(37)33-20-16-31(17-21-33)24-8-12-26(13-9-24)35(40)41/h1-13,27H,14-21H2. The number of anilines is 2. The first kappa shape index (κ1) is 27.6. The summed E-state index contributed by atoms with van der Waals surface area (Å²) in [4.78, 5) is 56.3. The third-order valence-corrected chi connectivity index (χ3v) is 7.66. The average molecular weight is 559 g/mol. The van der Waals surface area contributed by atoms with Crippen molar-refractivity contribution in [3.8, 4) is 0 Å². The van der Waals surface area contributed by atoms with Gasteiger partial charge in [0.2, 0.25) is 11.8 Å². The normalized spacial score (nSPS) is 15.6. The van der Waals surface area contributed by atoms with Crippen molar-refractivity contribution in [1.29, 1.82) is 0 Å². The summed E-state index contributed by atoms with van der Waals surface area (Å²) < 4.78 is 0. The van der Waals surface area contributed by atoms with E-state index in [4.69, 9.17) is 0 Å². The number of piperazine rings is 2. The van der Waals surface area contributed by atoms with E-state index in [9.17, 15) is 29.8 Å². The van der Waals surface area contributed by atoms with Crippen molar-refractivity contribution in [3.63, 3.8) is 0 Å². The van der Waals surface area contributed by atoms with Crippen LogP contribution in [-0.4, -0.2) is 83.8 Å². The summed E-state index contributed by atoms with van der Waals surface area (Å²) >= 11 is 0. The minimum atomic E-state index is -0.951. The second kappa shape index (κ2) is 12.0. The summed E-state index contributed by atoms with van der Waals surface area (Å²) in [6.45, 7) is 3.92. The van der Waals surface area contributed by atoms with E-state index >= 15 is 0 Å². The summed E-state index contributed by atoms with van der Waals surface area (Å²) in [6.07, 6.45) is 0. The van der Waals surface area contributed by atoms with Gasteiger partial charge in [-0.2, -0.15) is 0 Å². The van der Waals surface area contributed by atoms with Crippen molar-refractivity contribution in [2.45, 2.75) is 5.92 Å². The van der Waals surface area contributed by atoms with Gasteiger partial charge in [0.25, 0.3) is 11.4 Å². The molecule has 212 valence electrons. The van der Waals surface area contributed by atoms with E-state index in [-0.39, 0.29) is 23.2 Å². The lowest BCUT2D eigenvalue weighted by Gasteiger charge is -2.40. The maximum Gasteiger partial charge on any atom is 0.269 e. The summed E-state index contributed by atoms with van der Waals surface area (Å²) in [5.74, 6) is -1.42. The number of amides is 2. The Balaban J connectivity index is 1.24. The van der Waals surface area contributed by atoms with Crippen LogP contribution in [0.3, 0.4) is 0 Å². The van der Waals surface area contributed by atoms with Crippen molar-refractivity contribution in [2.24, 2.45) is 0 Å². The fourth-order valence-electron chi connectivity index (χ4n) is 5.34. The third kappa shape index (κ3) is 6.11. The number of rotatable bonds is 7. The van der Waals surface area contributed by atoms with E-state index in [2.05, 4.69) is 9.80 Å². The van der Waals surface area contributed by atoms with E-state index in [0.29, 0.717) is 57.9 Å². The Hall–Kier alpha value is -5.00.